The minimum absolute atomic E-state index is 0.00700. The highest BCUT2D eigenvalue weighted by Gasteiger charge is 2.36. The molecule has 1 aromatic carbocycles. The highest BCUT2D eigenvalue weighted by atomic mass is 32.2. The van der Waals surface area contributed by atoms with Crippen molar-refractivity contribution >= 4 is 21.9 Å². The summed E-state index contributed by atoms with van der Waals surface area (Å²) in [6.07, 6.45) is 4.93. The van der Waals surface area contributed by atoms with Gasteiger partial charge >= 0.3 is 5.97 Å². The van der Waals surface area contributed by atoms with E-state index >= 15 is 0 Å². The highest BCUT2D eigenvalue weighted by Crippen LogP contribution is 2.27. The molecule has 2 rings (SSSR count). The maximum atomic E-state index is 12.8. The van der Waals surface area contributed by atoms with Crippen molar-refractivity contribution in [2.24, 2.45) is 0 Å². The van der Waals surface area contributed by atoms with Crippen molar-refractivity contribution in [1.82, 2.24) is 9.21 Å². The van der Waals surface area contributed by atoms with E-state index in [0.717, 1.165) is 37.0 Å². The third kappa shape index (κ3) is 4.32. The fourth-order valence-corrected chi connectivity index (χ4v) is 4.58. The van der Waals surface area contributed by atoms with E-state index in [1.807, 2.05) is 0 Å². The smallest absolute Gasteiger partial charge is 0.329 e. The van der Waals surface area contributed by atoms with Gasteiger partial charge < -0.3 is 10.0 Å². The Bertz CT molecular complexity index is 796. The minimum atomic E-state index is -3.63. The van der Waals surface area contributed by atoms with Gasteiger partial charge in [0.1, 0.15) is 5.54 Å². The second-order valence-electron chi connectivity index (χ2n) is 7.57. The van der Waals surface area contributed by atoms with E-state index in [4.69, 9.17) is 0 Å². The Morgan fingerprint density at radius 1 is 1.04 bits per heavy atom. The lowest BCUT2D eigenvalue weighted by atomic mass is 9.96. The predicted octanol–water partition coefficient (Wildman–Crippen LogP) is 2.58. The molecule has 1 aliphatic rings. The molecular weight excluding hydrogens is 368 g/mol. The van der Waals surface area contributed by atoms with Gasteiger partial charge in [-0.2, -0.15) is 4.31 Å². The molecule has 1 aliphatic carbocycles. The van der Waals surface area contributed by atoms with Crippen molar-refractivity contribution in [2.45, 2.75) is 62.4 Å². The Kier molecular flexibility index (Phi) is 6.32. The summed E-state index contributed by atoms with van der Waals surface area (Å²) in [7, 11) is -0.609. The molecule has 0 aliphatic heterocycles. The summed E-state index contributed by atoms with van der Waals surface area (Å²) in [6.45, 7) is 2.87. The zero-order valence-corrected chi connectivity index (χ0v) is 17.1. The molecule has 0 radical (unpaired) electrons. The number of carboxylic acids is 1. The molecule has 0 spiro atoms. The number of carboxylic acid groups (broad SMARTS) is 1. The average molecular weight is 397 g/mol. The first-order valence-electron chi connectivity index (χ1n) is 9.09. The van der Waals surface area contributed by atoms with Gasteiger partial charge in [0.2, 0.25) is 10.0 Å². The van der Waals surface area contributed by atoms with Gasteiger partial charge in [-0.05, 0) is 51.0 Å². The largest absolute Gasteiger partial charge is 0.480 e. The Morgan fingerprint density at radius 3 is 2.04 bits per heavy atom. The second kappa shape index (κ2) is 7.98. The van der Waals surface area contributed by atoms with Crippen molar-refractivity contribution in [3.63, 3.8) is 0 Å². The number of rotatable bonds is 6. The molecule has 0 atom stereocenters. The van der Waals surface area contributed by atoms with Crippen molar-refractivity contribution in [2.75, 3.05) is 14.1 Å². The maximum absolute atomic E-state index is 12.8. The number of benzene rings is 1. The Labute approximate surface area is 161 Å². The van der Waals surface area contributed by atoms with E-state index in [-0.39, 0.29) is 16.5 Å². The molecule has 0 bridgehead atoms. The standard InChI is InChI=1S/C19H28N2O5S/c1-19(2,18(23)24)20(3)17(22)14-10-12-16(13-11-14)27(25,26)21(4)15-8-6-5-7-9-15/h10-13,15H,5-9H2,1-4H3,(H,23,24). The van der Waals surface area contributed by atoms with Gasteiger partial charge in [0, 0.05) is 25.7 Å². The number of amides is 1. The van der Waals surface area contributed by atoms with E-state index in [1.54, 1.807) is 7.05 Å². The van der Waals surface area contributed by atoms with Gasteiger partial charge in [0.05, 0.1) is 4.90 Å². The first kappa shape index (κ1) is 21.4. The van der Waals surface area contributed by atoms with Crippen LogP contribution >= 0.6 is 0 Å². The van der Waals surface area contributed by atoms with Gasteiger partial charge in [0.25, 0.3) is 5.91 Å². The first-order valence-corrected chi connectivity index (χ1v) is 10.5. The molecule has 1 saturated carbocycles. The highest BCUT2D eigenvalue weighted by molar-refractivity contribution is 7.89. The first-order chi connectivity index (χ1) is 12.5. The molecule has 7 nitrogen and oxygen atoms in total. The third-order valence-electron chi connectivity index (χ3n) is 5.53. The van der Waals surface area contributed by atoms with Crippen LogP contribution in [0.2, 0.25) is 0 Å². The van der Waals surface area contributed by atoms with Crippen LogP contribution in [0.4, 0.5) is 0 Å². The Balaban J connectivity index is 2.21. The Hall–Kier alpha value is -1.93. The molecule has 1 N–H and O–H groups in total. The zero-order chi connectivity index (χ0) is 20.4. The number of carbonyl (C=O) groups excluding carboxylic acids is 1. The van der Waals surface area contributed by atoms with Gasteiger partial charge in [0.15, 0.2) is 0 Å². The monoisotopic (exact) mass is 396 g/mol. The molecule has 8 heteroatoms. The molecule has 0 aromatic heterocycles. The summed E-state index contributed by atoms with van der Waals surface area (Å²) in [4.78, 5) is 25.1. The molecule has 0 unspecified atom stereocenters. The number of likely N-dealkylation sites (N-methyl/N-ethyl adjacent to an activating group) is 1. The zero-order valence-electron chi connectivity index (χ0n) is 16.3. The summed E-state index contributed by atoms with van der Waals surface area (Å²) in [6, 6.07) is 5.68. The van der Waals surface area contributed by atoms with Gasteiger partial charge in [-0.1, -0.05) is 19.3 Å². The van der Waals surface area contributed by atoms with Crippen LogP contribution in [0.5, 0.6) is 0 Å². The van der Waals surface area contributed by atoms with Gasteiger partial charge in [-0.25, -0.2) is 13.2 Å². The SMILES string of the molecule is CN(C(=O)c1ccc(S(=O)(=O)N(C)C2CCCCC2)cc1)C(C)(C)C(=O)O. The van der Waals surface area contributed by atoms with Crippen molar-refractivity contribution in [1.29, 1.82) is 0 Å². The lowest BCUT2D eigenvalue weighted by molar-refractivity contribution is -0.147. The summed E-state index contributed by atoms with van der Waals surface area (Å²) in [5.41, 5.74) is -1.13. The summed E-state index contributed by atoms with van der Waals surface area (Å²) < 4.78 is 27.1. The summed E-state index contributed by atoms with van der Waals surface area (Å²) in [5, 5.41) is 9.26. The quantitative estimate of drug-likeness (QED) is 0.797. The van der Waals surface area contributed by atoms with Gasteiger partial charge in [-0.15, -0.1) is 0 Å². The molecule has 1 amide bonds. The number of hydrogen-bond acceptors (Lipinski definition) is 4. The molecular formula is C19H28N2O5S. The summed E-state index contributed by atoms with van der Waals surface area (Å²) >= 11 is 0. The second-order valence-corrected chi connectivity index (χ2v) is 9.56. The minimum Gasteiger partial charge on any atom is -0.480 e. The molecule has 150 valence electrons. The van der Waals surface area contributed by atoms with Crippen molar-refractivity contribution in [3.8, 4) is 0 Å². The molecule has 0 saturated heterocycles. The van der Waals surface area contributed by atoms with Crippen LogP contribution in [0.15, 0.2) is 29.2 Å². The lowest BCUT2D eigenvalue weighted by Gasteiger charge is -2.32. The summed E-state index contributed by atoms with van der Waals surface area (Å²) in [5.74, 6) is -1.60. The number of hydrogen-bond donors (Lipinski definition) is 1. The van der Waals surface area contributed by atoms with E-state index in [2.05, 4.69) is 0 Å². The van der Waals surface area contributed by atoms with Crippen LogP contribution < -0.4 is 0 Å². The molecule has 1 fully saturated rings. The number of carbonyl (C=O) groups is 2. The van der Waals surface area contributed by atoms with Crippen LogP contribution in [-0.2, 0) is 14.8 Å². The fraction of sp³-hybridized carbons (Fsp3) is 0.579. The van der Waals surface area contributed by atoms with E-state index < -0.39 is 27.4 Å². The van der Waals surface area contributed by atoms with Gasteiger partial charge in [-0.3, -0.25) is 4.79 Å². The van der Waals surface area contributed by atoms with E-state index in [9.17, 15) is 23.1 Å². The topological polar surface area (TPSA) is 95.0 Å². The van der Waals surface area contributed by atoms with Crippen molar-refractivity contribution < 1.29 is 23.1 Å². The van der Waals surface area contributed by atoms with Crippen LogP contribution in [0.1, 0.15) is 56.3 Å². The maximum Gasteiger partial charge on any atom is 0.329 e. The predicted molar refractivity (Wildman–Crippen MR) is 102 cm³/mol. The number of aliphatic carboxylic acids is 1. The van der Waals surface area contributed by atoms with E-state index in [0.29, 0.717) is 0 Å². The number of nitrogens with zero attached hydrogens (tertiary/aromatic N) is 2. The van der Waals surface area contributed by atoms with E-state index in [1.165, 1.54) is 49.5 Å². The van der Waals surface area contributed by atoms with Crippen LogP contribution in [0.3, 0.4) is 0 Å². The molecule has 1 aromatic rings. The van der Waals surface area contributed by atoms with Crippen molar-refractivity contribution in [3.05, 3.63) is 29.8 Å². The normalized spacial score (nSPS) is 16.3. The van der Waals surface area contributed by atoms with Crippen LogP contribution in [0, 0.1) is 0 Å². The number of sulfonamides is 1. The lowest BCUT2D eigenvalue weighted by Crippen LogP contribution is -2.50. The third-order valence-corrected chi connectivity index (χ3v) is 7.46. The fourth-order valence-electron chi connectivity index (χ4n) is 3.17. The Morgan fingerprint density at radius 2 is 1.56 bits per heavy atom. The molecule has 0 heterocycles. The van der Waals surface area contributed by atoms with Crippen LogP contribution in [-0.4, -0.2) is 60.3 Å². The molecule has 27 heavy (non-hydrogen) atoms. The van der Waals surface area contributed by atoms with Crippen LogP contribution in [0.25, 0.3) is 0 Å². The average Bonchev–Trinajstić information content (AvgIpc) is 2.66.